The van der Waals surface area contributed by atoms with Gasteiger partial charge in [0.25, 0.3) is 0 Å². The van der Waals surface area contributed by atoms with E-state index in [0.29, 0.717) is 0 Å². The van der Waals surface area contributed by atoms with Crippen molar-refractivity contribution in [1.29, 1.82) is 0 Å². The summed E-state index contributed by atoms with van der Waals surface area (Å²) in [4.78, 5) is 1.51. The monoisotopic (exact) mass is 143 g/mol. The highest BCUT2D eigenvalue weighted by Gasteiger charge is 2.08. The van der Waals surface area contributed by atoms with Crippen LogP contribution >= 0.6 is 0 Å². The number of hydrogen-bond acceptors (Lipinski definition) is 0. The summed E-state index contributed by atoms with van der Waals surface area (Å²) in [6, 6.07) is 0. The minimum Gasteiger partial charge on any atom is -1.00 e. The molecule has 0 saturated carbocycles. The zero-order chi connectivity index (χ0) is 6.69. The minimum absolute atomic E-state index is 0. The zero-order valence-corrected chi connectivity index (χ0v) is 6.52. The van der Waals surface area contributed by atoms with Crippen LogP contribution in [0, 0.1) is 0 Å². The summed E-state index contributed by atoms with van der Waals surface area (Å²) in [5.74, 6) is 0. The van der Waals surface area contributed by atoms with Crippen molar-refractivity contribution in [2.75, 3.05) is 6.54 Å². The van der Waals surface area contributed by atoms with Crippen LogP contribution < -0.4 is 9.60 Å². The van der Waals surface area contributed by atoms with E-state index in [-0.39, 0.29) is 4.70 Å². The number of nitrogens with one attached hydrogen (secondary N) is 1. The Morgan fingerprint density at radius 1 is 1.50 bits per heavy atom. The van der Waals surface area contributed by atoms with Gasteiger partial charge in [-0.15, -0.1) is 0 Å². The van der Waals surface area contributed by atoms with Crippen LogP contribution in [-0.2, 0) is 0 Å². The van der Waals surface area contributed by atoms with Crippen LogP contribution in [0.5, 0.6) is 0 Å². The maximum absolute atomic E-state index is 2.21. The molecular formula is C8H14FN. The van der Waals surface area contributed by atoms with E-state index in [0.717, 1.165) is 0 Å². The third kappa shape index (κ3) is 1.95. The second-order valence-corrected chi connectivity index (χ2v) is 2.48. The highest BCUT2D eigenvalue weighted by molar-refractivity contribution is 5.08. The maximum atomic E-state index is 2.21. The molecule has 1 rings (SSSR count). The number of hydrogen-bond donors (Lipinski definition) is 1. The summed E-state index contributed by atoms with van der Waals surface area (Å²) in [7, 11) is 0. The number of quaternary nitrogens is 1. The fourth-order valence-electron chi connectivity index (χ4n) is 1.10. The molecule has 0 aliphatic carbocycles. The SMILES string of the molecule is CCC[NH+]1C=CC=C1C.[F-]. The van der Waals surface area contributed by atoms with Crippen LogP contribution in [-0.4, -0.2) is 6.54 Å². The van der Waals surface area contributed by atoms with E-state index >= 15 is 0 Å². The van der Waals surface area contributed by atoms with Gasteiger partial charge in [-0.25, -0.2) is 0 Å². The first-order chi connectivity index (χ1) is 4.34. The molecule has 1 nitrogen and oxygen atoms in total. The highest BCUT2D eigenvalue weighted by Crippen LogP contribution is 1.88. The average molecular weight is 143 g/mol. The van der Waals surface area contributed by atoms with Crippen molar-refractivity contribution < 1.29 is 9.60 Å². The third-order valence-corrected chi connectivity index (χ3v) is 1.67. The van der Waals surface area contributed by atoms with Crippen molar-refractivity contribution >= 4 is 0 Å². The van der Waals surface area contributed by atoms with Crippen molar-refractivity contribution in [3.8, 4) is 0 Å². The molecule has 0 fully saturated rings. The molecule has 0 spiro atoms. The lowest BCUT2D eigenvalue weighted by Crippen LogP contribution is -3.04. The molecule has 1 aliphatic rings. The molecule has 0 aromatic rings. The van der Waals surface area contributed by atoms with Gasteiger partial charge in [0.2, 0.25) is 0 Å². The lowest BCUT2D eigenvalue weighted by Gasteiger charge is -2.08. The lowest BCUT2D eigenvalue weighted by atomic mass is 10.4. The average Bonchev–Trinajstić information content (AvgIpc) is 2.18. The fourth-order valence-corrected chi connectivity index (χ4v) is 1.10. The van der Waals surface area contributed by atoms with Gasteiger partial charge in [0.05, 0.1) is 12.7 Å². The van der Waals surface area contributed by atoms with E-state index in [1.54, 1.807) is 0 Å². The van der Waals surface area contributed by atoms with E-state index in [2.05, 4.69) is 32.2 Å². The molecular weight excluding hydrogens is 129 g/mol. The lowest BCUT2D eigenvalue weighted by molar-refractivity contribution is -0.802. The molecule has 0 radical (unpaired) electrons. The first-order valence-electron chi connectivity index (χ1n) is 3.55. The highest BCUT2D eigenvalue weighted by atomic mass is 19.0. The van der Waals surface area contributed by atoms with Crippen LogP contribution in [0.15, 0.2) is 24.0 Å². The molecule has 0 amide bonds. The van der Waals surface area contributed by atoms with Gasteiger partial charge >= 0.3 is 0 Å². The van der Waals surface area contributed by atoms with Crippen molar-refractivity contribution in [3.05, 3.63) is 24.0 Å². The Morgan fingerprint density at radius 3 is 2.60 bits per heavy atom. The van der Waals surface area contributed by atoms with Gasteiger partial charge in [-0.2, -0.15) is 0 Å². The number of allylic oxidation sites excluding steroid dienone is 3. The van der Waals surface area contributed by atoms with Crippen LogP contribution in [0.4, 0.5) is 0 Å². The molecule has 0 aromatic carbocycles. The Kier molecular flexibility index (Phi) is 3.96. The summed E-state index contributed by atoms with van der Waals surface area (Å²) in [5.41, 5.74) is 1.44. The second kappa shape index (κ2) is 4.23. The number of halogens is 1. The van der Waals surface area contributed by atoms with E-state index < -0.39 is 0 Å². The fraction of sp³-hybridized carbons (Fsp3) is 0.500. The molecule has 1 aliphatic heterocycles. The summed E-state index contributed by atoms with van der Waals surface area (Å²) in [6.07, 6.45) is 7.76. The van der Waals surface area contributed by atoms with Gasteiger partial charge in [0.1, 0.15) is 5.70 Å². The van der Waals surface area contributed by atoms with Crippen molar-refractivity contribution in [2.24, 2.45) is 0 Å². The Hall–Kier alpha value is -0.630. The Bertz CT molecular complexity index is 149. The molecule has 2 heteroatoms. The van der Waals surface area contributed by atoms with Gasteiger partial charge in [-0.05, 0) is 18.6 Å². The molecule has 1 heterocycles. The normalized spacial score (nSPS) is 22.2. The quantitative estimate of drug-likeness (QED) is 0.444. The van der Waals surface area contributed by atoms with Crippen LogP contribution in [0.3, 0.4) is 0 Å². The van der Waals surface area contributed by atoms with Gasteiger partial charge in [-0.3, -0.25) is 4.90 Å². The predicted molar refractivity (Wildman–Crippen MR) is 39.0 cm³/mol. The van der Waals surface area contributed by atoms with Crippen molar-refractivity contribution in [3.63, 3.8) is 0 Å². The molecule has 0 bridgehead atoms. The Morgan fingerprint density at radius 2 is 2.20 bits per heavy atom. The molecule has 58 valence electrons. The molecule has 0 aromatic heterocycles. The molecule has 10 heavy (non-hydrogen) atoms. The van der Waals surface area contributed by atoms with E-state index in [1.165, 1.54) is 23.6 Å². The third-order valence-electron chi connectivity index (χ3n) is 1.67. The van der Waals surface area contributed by atoms with E-state index in [4.69, 9.17) is 0 Å². The predicted octanol–water partition coefficient (Wildman–Crippen LogP) is -2.28. The largest absolute Gasteiger partial charge is 1.00 e. The van der Waals surface area contributed by atoms with Crippen molar-refractivity contribution in [2.45, 2.75) is 20.3 Å². The Balaban J connectivity index is 0.000000810. The van der Waals surface area contributed by atoms with Crippen molar-refractivity contribution in [1.82, 2.24) is 0 Å². The smallest absolute Gasteiger partial charge is 0.109 e. The molecule has 0 saturated heterocycles. The summed E-state index contributed by atoms with van der Waals surface area (Å²) < 4.78 is 0. The zero-order valence-electron chi connectivity index (χ0n) is 6.52. The molecule has 1 atom stereocenters. The van der Waals surface area contributed by atoms with E-state index in [9.17, 15) is 0 Å². The van der Waals surface area contributed by atoms with Crippen LogP contribution in [0.2, 0.25) is 0 Å². The topological polar surface area (TPSA) is 4.44 Å². The van der Waals surface area contributed by atoms with Crippen LogP contribution in [0.1, 0.15) is 20.3 Å². The maximum Gasteiger partial charge on any atom is 0.109 e. The molecule has 1 unspecified atom stereocenters. The van der Waals surface area contributed by atoms with Gasteiger partial charge < -0.3 is 4.70 Å². The van der Waals surface area contributed by atoms with Gasteiger partial charge in [-0.1, -0.05) is 6.92 Å². The minimum atomic E-state index is 0. The number of rotatable bonds is 2. The summed E-state index contributed by atoms with van der Waals surface area (Å²) in [6.45, 7) is 5.62. The first-order valence-corrected chi connectivity index (χ1v) is 3.55. The Labute approximate surface area is 61.4 Å². The van der Waals surface area contributed by atoms with Gasteiger partial charge in [0, 0.05) is 6.92 Å². The molecule has 1 N–H and O–H groups in total. The first kappa shape index (κ1) is 9.37. The standard InChI is InChI=1S/C8H13N.FH/c1-3-6-9-7-4-5-8(9)2;/h4-5,7H,3,6H2,1-2H3;1H. The summed E-state index contributed by atoms with van der Waals surface area (Å²) >= 11 is 0. The van der Waals surface area contributed by atoms with E-state index in [1.807, 2.05) is 0 Å². The van der Waals surface area contributed by atoms with Gasteiger partial charge in [0.15, 0.2) is 0 Å². The van der Waals surface area contributed by atoms with Crippen LogP contribution in [0.25, 0.3) is 0 Å². The second-order valence-electron chi connectivity index (χ2n) is 2.48. The summed E-state index contributed by atoms with van der Waals surface area (Å²) in [5, 5.41) is 0.